The van der Waals surface area contributed by atoms with Gasteiger partial charge in [0.2, 0.25) is 11.8 Å². The Hall–Kier alpha value is -2.82. The van der Waals surface area contributed by atoms with E-state index in [1.54, 1.807) is 4.90 Å². The van der Waals surface area contributed by atoms with Gasteiger partial charge in [-0.1, -0.05) is 38.0 Å². The maximum atomic E-state index is 12.5. The van der Waals surface area contributed by atoms with E-state index in [1.807, 2.05) is 54.6 Å². The molecule has 0 radical (unpaired) electrons. The van der Waals surface area contributed by atoms with Crippen LogP contribution in [0.3, 0.4) is 0 Å². The van der Waals surface area contributed by atoms with Gasteiger partial charge in [-0.2, -0.15) is 0 Å². The van der Waals surface area contributed by atoms with Crippen LogP contribution in [0.25, 0.3) is 0 Å². The fraction of sp³-hybridized carbons (Fsp3) is 0.364. The molecule has 3 rings (SSSR count). The predicted octanol–water partition coefficient (Wildman–Crippen LogP) is 4.28. The van der Waals surface area contributed by atoms with E-state index in [2.05, 4.69) is 12.2 Å². The summed E-state index contributed by atoms with van der Waals surface area (Å²) in [5.74, 6) is 1.37. The molecule has 2 amide bonds. The lowest BCUT2D eigenvalue weighted by molar-refractivity contribution is -0.123. The van der Waals surface area contributed by atoms with Gasteiger partial charge in [-0.25, -0.2) is 0 Å². The van der Waals surface area contributed by atoms with Crippen molar-refractivity contribution in [3.63, 3.8) is 0 Å². The molecule has 27 heavy (non-hydrogen) atoms. The summed E-state index contributed by atoms with van der Waals surface area (Å²) in [5, 5.41) is 2.97. The molecular formula is C22H26N2O3. The molecule has 2 aromatic carbocycles. The first kappa shape index (κ1) is 19.0. The molecule has 1 saturated heterocycles. The minimum atomic E-state index is -0.431. The van der Waals surface area contributed by atoms with Crippen LogP contribution in [0.4, 0.5) is 5.69 Å². The van der Waals surface area contributed by atoms with Crippen molar-refractivity contribution in [3.05, 3.63) is 54.6 Å². The molecular weight excluding hydrogens is 340 g/mol. The predicted molar refractivity (Wildman–Crippen MR) is 106 cm³/mol. The summed E-state index contributed by atoms with van der Waals surface area (Å²) in [7, 11) is 0. The number of hydrogen-bond donors (Lipinski definition) is 1. The van der Waals surface area contributed by atoms with Crippen molar-refractivity contribution in [3.8, 4) is 11.5 Å². The SMILES string of the molecule is CCCCCNC(=O)C1CCC(=O)N1c1ccc(Oc2ccccc2)cc1. The molecule has 1 atom stereocenters. The average Bonchev–Trinajstić information content (AvgIpc) is 3.08. The summed E-state index contributed by atoms with van der Waals surface area (Å²) >= 11 is 0. The number of rotatable bonds is 8. The van der Waals surface area contributed by atoms with Gasteiger partial charge >= 0.3 is 0 Å². The van der Waals surface area contributed by atoms with Crippen molar-refractivity contribution in [2.24, 2.45) is 0 Å². The quantitative estimate of drug-likeness (QED) is 0.710. The Bertz CT molecular complexity index is 759. The standard InChI is InChI=1S/C22H26N2O3/c1-2-3-7-16-23-22(26)20-14-15-21(25)24(20)17-10-12-19(13-11-17)27-18-8-5-4-6-9-18/h4-6,8-13,20H,2-3,7,14-16H2,1H3,(H,23,26). The molecule has 1 aliphatic heterocycles. The normalized spacial score (nSPS) is 16.4. The number of carbonyl (C=O) groups is 2. The van der Waals surface area contributed by atoms with Crippen LogP contribution in [0.15, 0.2) is 54.6 Å². The van der Waals surface area contributed by atoms with Crippen molar-refractivity contribution in [1.82, 2.24) is 5.32 Å². The van der Waals surface area contributed by atoms with Crippen LogP contribution in [0.2, 0.25) is 0 Å². The lowest BCUT2D eigenvalue weighted by Crippen LogP contribution is -2.45. The maximum absolute atomic E-state index is 12.5. The van der Waals surface area contributed by atoms with Gasteiger partial charge in [0, 0.05) is 18.7 Å². The largest absolute Gasteiger partial charge is 0.457 e. The lowest BCUT2D eigenvalue weighted by Gasteiger charge is -2.24. The minimum absolute atomic E-state index is 0.0135. The van der Waals surface area contributed by atoms with Gasteiger partial charge in [0.25, 0.3) is 0 Å². The van der Waals surface area contributed by atoms with E-state index in [0.29, 0.717) is 25.1 Å². The fourth-order valence-electron chi connectivity index (χ4n) is 3.26. The summed E-state index contributed by atoms with van der Waals surface area (Å²) in [4.78, 5) is 26.5. The first-order valence-electron chi connectivity index (χ1n) is 9.62. The van der Waals surface area contributed by atoms with Crippen molar-refractivity contribution < 1.29 is 14.3 Å². The van der Waals surface area contributed by atoms with Crippen LogP contribution >= 0.6 is 0 Å². The molecule has 0 aromatic heterocycles. The Kier molecular flexibility index (Phi) is 6.47. The highest BCUT2D eigenvalue weighted by Gasteiger charge is 2.36. The van der Waals surface area contributed by atoms with Gasteiger partial charge in [-0.3, -0.25) is 14.5 Å². The molecule has 0 aliphatic carbocycles. The van der Waals surface area contributed by atoms with Crippen LogP contribution in [0, 0.1) is 0 Å². The molecule has 5 heteroatoms. The third kappa shape index (κ3) is 4.88. The Morgan fingerprint density at radius 2 is 1.78 bits per heavy atom. The second kappa shape index (κ2) is 9.21. The number of unbranched alkanes of at least 4 members (excludes halogenated alkanes) is 2. The van der Waals surface area contributed by atoms with Crippen molar-refractivity contribution >= 4 is 17.5 Å². The number of ether oxygens (including phenoxy) is 1. The van der Waals surface area contributed by atoms with E-state index in [4.69, 9.17) is 4.74 Å². The molecule has 1 heterocycles. The molecule has 1 unspecified atom stereocenters. The molecule has 2 aromatic rings. The van der Waals surface area contributed by atoms with E-state index in [0.717, 1.165) is 30.7 Å². The summed E-state index contributed by atoms with van der Waals surface area (Å²) < 4.78 is 5.79. The molecule has 5 nitrogen and oxygen atoms in total. The fourth-order valence-corrected chi connectivity index (χ4v) is 3.26. The van der Waals surface area contributed by atoms with Gasteiger partial charge < -0.3 is 10.1 Å². The minimum Gasteiger partial charge on any atom is -0.457 e. The lowest BCUT2D eigenvalue weighted by atomic mass is 10.2. The topological polar surface area (TPSA) is 58.6 Å². The van der Waals surface area contributed by atoms with Crippen LogP contribution in [0.5, 0.6) is 11.5 Å². The summed E-state index contributed by atoms with van der Waals surface area (Å²) in [6.45, 7) is 2.79. The molecule has 0 spiro atoms. The first-order valence-corrected chi connectivity index (χ1v) is 9.62. The number of para-hydroxylation sites is 1. The van der Waals surface area contributed by atoms with Crippen LogP contribution in [-0.2, 0) is 9.59 Å². The Morgan fingerprint density at radius 1 is 1.07 bits per heavy atom. The number of hydrogen-bond acceptors (Lipinski definition) is 3. The third-order valence-corrected chi connectivity index (χ3v) is 4.69. The Labute approximate surface area is 160 Å². The van der Waals surface area contributed by atoms with E-state index >= 15 is 0 Å². The van der Waals surface area contributed by atoms with Crippen molar-refractivity contribution in [2.75, 3.05) is 11.4 Å². The van der Waals surface area contributed by atoms with Crippen LogP contribution in [-0.4, -0.2) is 24.4 Å². The number of anilines is 1. The second-order valence-corrected chi connectivity index (χ2v) is 6.73. The molecule has 1 aliphatic rings. The number of nitrogens with one attached hydrogen (secondary N) is 1. The Morgan fingerprint density at radius 3 is 2.48 bits per heavy atom. The highest BCUT2D eigenvalue weighted by molar-refractivity contribution is 6.03. The van der Waals surface area contributed by atoms with E-state index in [9.17, 15) is 9.59 Å². The van der Waals surface area contributed by atoms with Gasteiger partial charge in [-0.05, 0) is 49.2 Å². The van der Waals surface area contributed by atoms with Gasteiger partial charge in [-0.15, -0.1) is 0 Å². The number of carbonyl (C=O) groups excluding carboxylic acids is 2. The first-order chi connectivity index (χ1) is 13.2. The smallest absolute Gasteiger partial charge is 0.243 e. The van der Waals surface area contributed by atoms with Gasteiger partial charge in [0.05, 0.1) is 0 Å². The highest BCUT2D eigenvalue weighted by Crippen LogP contribution is 2.29. The van der Waals surface area contributed by atoms with Crippen molar-refractivity contribution in [1.29, 1.82) is 0 Å². The van der Waals surface area contributed by atoms with E-state index < -0.39 is 6.04 Å². The zero-order valence-corrected chi connectivity index (χ0v) is 15.7. The van der Waals surface area contributed by atoms with E-state index in [-0.39, 0.29) is 11.8 Å². The molecule has 0 bridgehead atoms. The van der Waals surface area contributed by atoms with Gasteiger partial charge in [0.1, 0.15) is 17.5 Å². The zero-order valence-electron chi connectivity index (χ0n) is 15.7. The van der Waals surface area contributed by atoms with Crippen LogP contribution < -0.4 is 15.0 Å². The summed E-state index contributed by atoms with van der Waals surface area (Å²) in [5.41, 5.74) is 0.728. The average molecular weight is 366 g/mol. The van der Waals surface area contributed by atoms with Gasteiger partial charge in [0.15, 0.2) is 0 Å². The molecule has 0 saturated carbocycles. The van der Waals surface area contributed by atoms with E-state index in [1.165, 1.54) is 0 Å². The third-order valence-electron chi connectivity index (χ3n) is 4.69. The molecule has 142 valence electrons. The summed E-state index contributed by atoms with van der Waals surface area (Å²) in [6, 6.07) is 16.4. The van der Waals surface area contributed by atoms with Crippen molar-refractivity contribution in [2.45, 2.75) is 45.1 Å². The molecule has 1 N–H and O–H groups in total. The van der Waals surface area contributed by atoms with Crippen LogP contribution in [0.1, 0.15) is 39.0 Å². The number of amides is 2. The number of nitrogens with zero attached hydrogens (tertiary/aromatic N) is 1. The molecule has 1 fully saturated rings. The maximum Gasteiger partial charge on any atom is 0.243 e. The number of benzene rings is 2. The monoisotopic (exact) mass is 366 g/mol. The zero-order chi connectivity index (χ0) is 19.1. The highest BCUT2D eigenvalue weighted by atomic mass is 16.5. The Balaban J connectivity index is 1.65. The second-order valence-electron chi connectivity index (χ2n) is 6.73. The summed E-state index contributed by atoms with van der Waals surface area (Å²) in [6.07, 6.45) is 4.13.